The number of amides is 2. The Morgan fingerprint density at radius 2 is 1.97 bits per heavy atom. The summed E-state index contributed by atoms with van der Waals surface area (Å²) in [7, 11) is 1.37. The molecule has 11 heteroatoms. The van der Waals surface area contributed by atoms with Gasteiger partial charge in [0.2, 0.25) is 5.91 Å². The maximum Gasteiger partial charge on any atom is 0.311 e. The van der Waals surface area contributed by atoms with Crippen LogP contribution in [-0.2, 0) is 19.1 Å². The first-order valence-electron chi connectivity index (χ1n) is 9.13. The van der Waals surface area contributed by atoms with Crippen LogP contribution in [0.15, 0.2) is 42.5 Å². The van der Waals surface area contributed by atoms with Gasteiger partial charge in [0.25, 0.3) is 11.6 Å². The van der Waals surface area contributed by atoms with Crippen molar-refractivity contribution in [2.75, 3.05) is 30.5 Å². The molecule has 0 aromatic heterocycles. The van der Waals surface area contributed by atoms with Crippen molar-refractivity contribution in [3.8, 4) is 5.75 Å². The lowest BCUT2D eigenvalue weighted by atomic mass is 10.1. The zero-order valence-corrected chi connectivity index (χ0v) is 16.4. The zero-order valence-electron chi connectivity index (χ0n) is 16.4. The maximum absolute atomic E-state index is 13.1. The third-order valence-electron chi connectivity index (χ3n) is 4.62. The SMILES string of the molecule is COc1ccc([N+](=O)[O-])c(NC(=O)COC(=O)[C@@H]2CC(=O)N(c3ccc(F)cc3)C2)c1. The van der Waals surface area contributed by atoms with Crippen LogP contribution in [0.25, 0.3) is 0 Å². The average molecular weight is 431 g/mol. The fraction of sp³-hybridized carbons (Fsp3) is 0.250. The maximum atomic E-state index is 13.1. The summed E-state index contributed by atoms with van der Waals surface area (Å²) < 4.78 is 23.0. The summed E-state index contributed by atoms with van der Waals surface area (Å²) in [4.78, 5) is 48.4. The highest BCUT2D eigenvalue weighted by Gasteiger charge is 2.36. The van der Waals surface area contributed by atoms with E-state index in [-0.39, 0.29) is 30.2 Å². The Morgan fingerprint density at radius 1 is 1.26 bits per heavy atom. The molecular weight excluding hydrogens is 413 g/mol. The van der Waals surface area contributed by atoms with Crippen molar-refractivity contribution in [3.63, 3.8) is 0 Å². The molecule has 0 bridgehead atoms. The van der Waals surface area contributed by atoms with Crippen LogP contribution in [0.5, 0.6) is 5.75 Å². The number of methoxy groups -OCH3 is 1. The van der Waals surface area contributed by atoms with Gasteiger partial charge in [0, 0.05) is 30.8 Å². The average Bonchev–Trinajstić information content (AvgIpc) is 3.14. The van der Waals surface area contributed by atoms with Crippen LogP contribution in [0.2, 0.25) is 0 Å². The summed E-state index contributed by atoms with van der Waals surface area (Å²) in [5.74, 6) is -2.82. The van der Waals surface area contributed by atoms with Gasteiger partial charge in [-0.05, 0) is 30.3 Å². The number of nitrogens with one attached hydrogen (secondary N) is 1. The van der Waals surface area contributed by atoms with Gasteiger partial charge in [0.05, 0.1) is 18.0 Å². The van der Waals surface area contributed by atoms with Crippen molar-refractivity contribution >= 4 is 34.8 Å². The lowest BCUT2D eigenvalue weighted by molar-refractivity contribution is -0.383. The van der Waals surface area contributed by atoms with Gasteiger partial charge in [0.15, 0.2) is 6.61 Å². The van der Waals surface area contributed by atoms with Gasteiger partial charge in [-0.15, -0.1) is 0 Å². The number of rotatable bonds is 7. The molecule has 1 heterocycles. The van der Waals surface area contributed by atoms with Gasteiger partial charge in [0.1, 0.15) is 17.3 Å². The molecule has 1 saturated heterocycles. The van der Waals surface area contributed by atoms with Crippen LogP contribution in [0.3, 0.4) is 0 Å². The van der Waals surface area contributed by atoms with Crippen LogP contribution in [0, 0.1) is 21.8 Å². The van der Waals surface area contributed by atoms with Crippen LogP contribution >= 0.6 is 0 Å². The summed E-state index contributed by atoms with van der Waals surface area (Å²) in [5, 5.41) is 13.4. The molecule has 1 aliphatic rings. The number of halogens is 1. The number of nitrogens with zero attached hydrogens (tertiary/aromatic N) is 2. The molecule has 2 amide bonds. The Hall–Kier alpha value is -4.02. The first kappa shape index (κ1) is 21.7. The summed E-state index contributed by atoms with van der Waals surface area (Å²) in [6, 6.07) is 9.08. The number of anilines is 2. The predicted molar refractivity (Wildman–Crippen MR) is 106 cm³/mol. The van der Waals surface area contributed by atoms with E-state index in [0.29, 0.717) is 11.4 Å². The molecule has 10 nitrogen and oxygen atoms in total. The van der Waals surface area contributed by atoms with E-state index < -0.39 is 35.1 Å². The number of nitro benzene ring substituents is 1. The second kappa shape index (κ2) is 9.20. The van der Waals surface area contributed by atoms with Gasteiger partial charge < -0.3 is 19.7 Å². The normalized spacial score (nSPS) is 15.5. The Morgan fingerprint density at radius 3 is 2.61 bits per heavy atom. The van der Waals surface area contributed by atoms with Gasteiger partial charge in [-0.2, -0.15) is 0 Å². The molecule has 0 radical (unpaired) electrons. The highest BCUT2D eigenvalue weighted by Crippen LogP contribution is 2.29. The van der Waals surface area contributed by atoms with E-state index in [1.807, 2.05) is 0 Å². The number of esters is 1. The minimum atomic E-state index is -0.795. The largest absolute Gasteiger partial charge is 0.497 e. The number of ether oxygens (including phenoxy) is 2. The van der Waals surface area contributed by atoms with Crippen molar-refractivity contribution in [1.29, 1.82) is 0 Å². The van der Waals surface area contributed by atoms with Gasteiger partial charge in [-0.25, -0.2) is 4.39 Å². The molecular formula is C20H18FN3O7. The van der Waals surface area contributed by atoms with Crippen molar-refractivity contribution in [2.45, 2.75) is 6.42 Å². The molecule has 1 fully saturated rings. The van der Waals surface area contributed by atoms with Gasteiger partial charge in [-0.1, -0.05) is 0 Å². The van der Waals surface area contributed by atoms with E-state index in [2.05, 4.69) is 5.32 Å². The first-order chi connectivity index (χ1) is 14.8. The second-order valence-corrected chi connectivity index (χ2v) is 6.68. The van der Waals surface area contributed by atoms with Crippen LogP contribution in [-0.4, -0.2) is 43.0 Å². The van der Waals surface area contributed by atoms with E-state index in [4.69, 9.17) is 9.47 Å². The molecule has 0 aliphatic carbocycles. The van der Waals surface area contributed by atoms with Crippen LogP contribution < -0.4 is 15.0 Å². The van der Waals surface area contributed by atoms with E-state index in [1.165, 1.54) is 54.5 Å². The summed E-state index contributed by atoms with van der Waals surface area (Å²) in [6.07, 6.45) is -0.112. The lowest BCUT2D eigenvalue weighted by Gasteiger charge is -2.16. The molecule has 1 N–H and O–H groups in total. The molecule has 2 aromatic carbocycles. The van der Waals surface area contributed by atoms with Gasteiger partial charge >= 0.3 is 5.97 Å². The molecule has 31 heavy (non-hydrogen) atoms. The highest BCUT2D eigenvalue weighted by molar-refractivity contribution is 6.00. The minimum absolute atomic E-state index is 0.0340. The number of carbonyl (C=O) groups excluding carboxylic acids is 3. The molecule has 0 saturated carbocycles. The Balaban J connectivity index is 1.57. The molecule has 3 rings (SSSR count). The van der Waals surface area contributed by atoms with Crippen LogP contribution in [0.1, 0.15) is 6.42 Å². The summed E-state index contributed by atoms with van der Waals surface area (Å²) in [6.45, 7) is -0.652. The summed E-state index contributed by atoms with van der Waals surface area (Å²) in [5.41, 5.74) is -0.00879. The third-order valence-corrected chi connectivity index (χ3v) is 4.62. The summed E-state index contributed by atoms with van der Waals surface area (Å²) >= 11 is 0. The van der Waals surface area contributed by atoms with E-state index in [0.717, 1.165) is 0 Å². The number of benzene rings is 2. The fourth-order valence-corrected chi connectivity index (χ4v) is 3.08. The second-order valence-electron chi connectivity index (χ2n) is 6.68. The fourth-order valence-electron chi connectivity index (χ4n) is 3.08. The Bertz CT molecular complexity index is 1030. The molecule has 1 atom stereocenters. The highest BCUT2D eigenvalue weighted by atomic mass is 19.1. The van der Waals surface area contributed by atoms with Gasteiger partial charge in [-0.3, -0.25) is 24.5 Å². The smallest absolute Gasteiger partial charge is 0.311 e. The molecule has 162 valence electrons. The lowest BCUT2D eigenvalue weighted by Crippen LogP contribution is -2.28. The first-order valence-corrected chi connectivity index (χ1v) is 9.13. The number of hydrogen-bond donors (Lipinski definition) is 1. The Kier molecular flexibility index (Phi) is 6.43. The quantitative estimate of drug-likeness (QED) is 0.405. The van der Waals surface area contributed by atoms with Crippen LogP contribution in [0.4, 0.5) is 21.5 Å². The van der Waals surface area contributed by atoms with E-state index in [1.54, 1.807) is 0 Å². The minimum Gasteiger partial charge on any atom is -0.497 e. The predicted octanol–water partition coefficient (Wildman–Crippen LogP) is 2.28. The Labute approximate surface area is 175 Å². The van der Waals surface area contributed by atoms with Crippen molar-refractivity contribution in [3.05, 3.63) is 58.4 Å². The standard InChI is InChI=1S/C20H18FN3O7/c1-30-15-6-7-17(24(28)29)16(9-15)22-18(25)11-31-20(27)12-8-19(26)23(10-12)14-4-2-13(21)3-5-14/h2-7,9,12H,8,10-11H2,1H3,(H,22,25)/t12-/m1/s1. The number of hydrogen-bond acceptors (Lipinski definition) is 7. The molecule has 0 spiro atoms. The van der Waals surface area contributed by atoms with Crippen molar-refractivity contribution in [2.24, 2.45) is 5.92 Å². The molecule has 0 unspecified atom stereocenters. The topological polar surface area (TPSA) is 128 Å². The van der Waals surface area contributed by atoms with Crippen molar-refractivity contribution < 1.29 is 33.2 Å². The number of nitro groups is 1. The number of carbonyl (C=O) groups is 3. The van der Waals surface area contributed by atoms with E-state index >= 15 is 0 Å². The van der Waals surface area contributed by atoms with E-state index in [9.17, 15) is 28.9 Å². The monoisotopic (exact) mass is 431 g/mol. The third kappa shape index (κ3) is 5.13. The molecule has 1 aliphatic heterocycles. The zero-order chi connectivity index (χ0) is 22.5. The molecule has 2 aromatic rings. The van der Waals surface area contributed by atoms with Crippen molar-refractivity contribution in [1.82, 2.24) is 0 Å².